The summed E-state index contributed by atoms with van der Waals surface area (Å²) in [5, 5.41) is 0. The topological polar surface area (TPSA) is 119 Å². The van der Waals surface area contributed by atoms with Gasteiger partial charge in [-0.3, -0.25) is 4.79 Å². The normalized spacial score (nSPS) is 19.2. The molecule has 158 valence electrons. The first kappa shape index (κ1) is 22.6. The monoisotopic (exact) mass is 434 g/mol. The molecule has 0 bridgehead atoms. The molecule has 11 heteroatoms. The maximum Gasteiger partial charge on any atom is 0.244 e. The predicted molar refractivity (Wildman–Crippen MR) is 104 cm³/mol. The highest BCUT2D eigenvalue weighted by Gasteiger charge is 2.42. The first-order chi connectivity index (χ1) is 13.1. The fourth-order valence-electron chi connectivity index (χ4n) is 2.80. The molecule has 0 aromatic heterocycles. The van der Waals surface area contributed by atoms with Crippen LogP contribution in [0.5, 0.6) is 5.75 Å². The van der Waals surface area contributed by atoms with Crippen molar-refractivity contribution in [3.05, 3.63) is 18.2 Å². The summed E-state index contributed by atoms with van der Waals surface area (Å²) in [7, 11) is -7.83. The van der Waals surface area contributed by atoms with Crippen LogP contribution in [0.25, 0.3) is 0 Å². The molecule has 1 aliphatic heterocycles. The molecule has 1 N–H and O–H groups in total. The van der Waals surface area contributed by atoms with Gasteiger partial charge in [0.15, 0.2) is 0 Å². The van der Waals surface area contributed by atoms with E-state index in [9.17, 15) is 21.6 Å². The molecule has 0 saturated carbocycles. The molecular weight excluding hydrogens is 408 g/mol. The van der Waals surface area contributed by atoms with Crippen LogP contribution in [0.3, 0.4) is 0 Å². The van der Waals surface area contributed by atoms with Gasteiger partial charge in [0, 0.05) is 19.8 Å². The molecule has 1 fully saturated rings. The fraction of sp³-hybridized carbons (Fsp3) is 0.588. The minimum absolute atomic E-state index is 0.0208. The summed E-state index contributed by atoms with van der Waals surface area (Å²) < 4.78 is 63.8. The highest BCUT2D eigenvalue weighted by atomic mass is 32.2. The molecule has 0 spiro atoms. The lowest BCUT2D eigenvalue weighted by atomic mass is 10.2. The molecule has 28 heavy (non-hydrogen) atoms. The van der Waals surface area contributed by atoms with Gasteiger partial charge in [-0.15, -0.1) is 0 Å². The summed E-state index contributed by atoms with van der Waals surface area (Å²) in [6, 6.07) is 3.88. The maximum absolute atomic E-state index is 12.8. The van der Waals surface area contributed by atoms with E-state index in [1.807, 2.05) is 6.92 Å². The number of rotatable bonds is 10. The van der Waals surface area contributed by atoms with Gasteiger partial charge in [-0.25, -0.2) is 25.9 Å². The third kappa shape index (κ3) is 5.02. The average molecular weight is 435 g/mol. The van der Waals surface area contributed by atoms with Crippen LogP contribution in [-0.4, -0.2) is 54.9 Å². The first-order valence-corrected chi connectivity index (χ1v) is 12.1. The number of anilines is 1. The van der Waals surface area contributed by atoms with Gasteiger partial charge >= 0.3 is 0 Å². The zero-order valence-corrected chi connectivity index (χ0v) is 17.8. The smallest absolute Gasteiger partial charge is 0.244 e. The molecule has 1 aliphatic rings. The molecule has 1 unspecified atom stereocenters. The molecule has 0 radical (unpaired) electrons. The maximum atomic E-state index is 12.8. The van der Waals surface area contributed by atoms with E-state index >= 15 is 0 Å². The number of amides is 1. The van der Waals surface area contributed by atoms with Crippen LogP contribution in [-0.2, 0) is 29.6 Å². The van der Waals surface area contributed by atoms with Crippen molar-refractivity contribution in [2.24, 2.45) is 5.92 Å². The number of hydrogen-bond donors (Lipinski definition) is 1. The van der Waals surface area contributed by atoms with Crippen molar-refractivity contribution in [1.29, 1.82) is 0 Å². The quantitative estimate of drug-likeness (QED) is 0.548. The van der Waals surface area contributed by atoms with Crippen LogP contribution in [0.4, 0.5) is 5.69 Å². The van der Waals surface area contributed by atoms with Crippen molar-refractivity contribution in [2.75, 3.05) is 36.4 Å². The van der Waals surface area contributed by atoms with E-state index in [1.165, 1.54) is 19.1 Å². The third-order valence-electron chi connectivity index (χ3n) is 4.07. The highest BCUT2D eigenvalue weighted by Crippen LogP contribution is 2.34. The Hall–Kier alpha value is -1.69. The molecule has 0 aliphatic carbocycles. The number of carbonyl (C=O) groups excluding carboxylic acids is 1. The Kier molecular flexibility index (Phi) is 7.43. The lowest BCUT2D eigenvalue weighted by molar-refractivity contribution is -0.119. The number of hydrogen-bond acceptors (Lipinski definition) is 7. The lowest BCUT2D eigenvalue weighted by Gasteiger charge is -2.18. The Balaban J connectivity index is 2.37. The van der Waals surface area contributed by atoms with Gasteiger partial charge in [0.05, 0.1) is 24.0 Å². The van der Waals surface area contributed by atoms with E-state index < -0.39 is 31.9 Å². The third-order valence-corrected chi connectivity index (χ3v) is 7.42. The van der Waals surface area contributed by atoms with Gasteiger partial charge in [0.25, 0.3) is 0 Å². The molecular formula is C17H26N2O7S2. The van der Waals surface area contributed by atoms with E-state index in [0.717, 1.165) is 6.07 Å². The molecule has 1 aromatic carbocycles. The van der Waals surface area contributed by atoms with Gasteiger partial charge in [-0.1, -0.05) is 6.92 Å². The summed E-state index contributed by atoms with van der Waals surface area (Å²) in [5.74, 6) is -1.50. The lowest BCUT2D eigenvalue weighted by Crippen LogP contribution is -2.31. The fourth-order valence-corrected chi connectivity index (χ4v) is 5.85. The number of nitrogens with one attached hydrogen (secondary N) is 1. The number of sulfonamides is 2. The van der Waals surface area contributed by atoms with E-state index in [2.05, 4.69) is 4.72 Å². The van der Waals surface area contributed by atoms with Gasteiger partial charge in [0.2, 0.25) is 26.0 Å². The minimum atomic E-state index is -3.98. The SMILES string of the molecule is CCOCCCNS(=O)(=O)c1cc(N2C(=O)C(C)CS2(=O)=O)ccc1OCC. The van der Waals surface area contributed by atoms with Crippen LogP contribution >= 0.6 is 0 Å². The summed E-state index contributed by atoms with van der Waals surface area (Å²) in [6.45, 7) is 6.40. The average Bonchev–Trinajstić information content (AvgIpc) is 2.82. The Bertz CT molecular complexity index is 913. The predicted octanol–water partition coefficient (Wildman–Crippen LogP) is 1.10. The Morgan fingerprint density at radius 2 is 1.96 bits per heavy atom. The van der Waals surface area contributed by atoms with Crippen molar-refractivity contribution in [3.8, 4) is 5.75 Å². The number of carbonyl (C=O) groups is 1. The summed E-state index contributed by atoms with van der Waals surface area (Å²) in [6.07, 6.45) is 0.479. The molecule has 1 heterocycles. The van der Waals surface area contributed by atoms with Gasteiger partial charge in [-0.2, -0.15) is 0 Å². The van der Waals surface area contributed by atoms with Crippen molar-refractivity contribution in [1.82, 2.24) is 4.72 Å². The Labute approximate surface area is 166 Å². The molecule has 1 aromatic rings. The van der Waals surface area contributed by atoms with Gasteiger partial charge in [-0.05, 0) is 38.5 Å². The highest BCUT2D eigenvalue weighted by molar-refractivity contribution is 7.94. The largest absolute Gasteiger partial charge is 0.492 e. The zero-order chi connectivity index (χ0) is 20.9. The minimum Gasteiger partial charge on any atom is -0.492 e. The van der Waals surface area contributed by atoms with Crippen molar-refractivity contribution >= 4 is 31.6 Å². The van der Waals surface area contributed by atoms with Crippen molar-refractivity contribution < 1.29 is 31.1 Å². The van der Waals surface area contributed by atoms with Crippen molar-refractivity contribution in [2.45, 2.75) is 32.1 Å². The summed E-state index contributed by atoms with van der Waals surface area (Å²) >= 11 is 0. The molecule has 9 nitrogen and oxygen atoms in total. The summed E-state index contributed by atoms with van der Waals surface area (Å²) in [4.78, 5) is 12.1. The van der Waals surface area contributed by atoms with Crippen LogP contribution in [0.2, 0.25) is 0 Å². The molecule has 1 atom stereocenters. The van der Waals surface area contributed by atoms with Crippen LogP contribution in [0.15, 0.2) is 23.1 Å². The Morgan fingerprint density at radius 1 is 1.25 bits per heavy atom. The van der Waals surface area contributed by atoms with Gasteiger partial charge in [0.1, 0.15) is 10.6 Å². The van der Waals surface area contributed by atoms with E-state index in [-0.39, 0.29) is 35.2 Å². The second-order valence-corrected chi connectivity index (χ2v) is 9.89. The van der Waals surface area contributed by atoms with E-state index in [0.29, 0.717) is 23.9 Å². The first-order valence-electron chi connectivity index (χ1n) is 9.05. The molecule has 1 amide bonds. The van der Waals surface area contributed by atoms with E-state index in [4.69, 9.17) is 9.47 Å². The second-order valence-electron chi connectivity index (χ2n) is 6.29. The van der Waals surface area contributed by atoms with Crippen molar-refractivity contribution in [3.63, 3.8) is 0 Å². The number of ether oxygens (including phenoxy) is 2. The zero-order valence-electron chi connectivity index (χ0n) is 16.2. The van der Waals surface area contributed by atoms with E-state index in [1.54, 1.807) is 6.92 Å². The standard InChI is InChI=1S/C17H26N2O7S2/c1-4-25-10-6-9-18-28(23,24)16-11-14(7-8-15(16)26-5-2)19-17(20)13(3)12-27(19,21)22/h7-8,11,13,18H,4-6,9-10,12H2,1-3H3. The van der Waals surface area contributed by atoms with Crippen LogP contribution in [0, 0.1) is 5.92 Å². The Morgan fingerprint density at radius 3 is 2.54 bits per heavy atom. The van der Waals surface area contributed by atoms with Crippen LogP contribution in [0.1, 0.15) is 27.2 Å². The summed E-state index contributed by atoms with van der Waals surface area (Å²) in [5.41, 5.74) is -0.0208. The second kappa shape index (κ2) is 9.21. The molecule has 1 saturated heterocycles. The van der Waals surface area contributed by atoms with Crippen LogP contribution < -0.4 is 13.8 Å². The number of benzene rings is 1. The molecule has 2 rings (SSSR count). The van der Waals surface area contributed by atoms with Gasteiger partial charge < -0.3 is 9.47 Å². The number of nitrogens with zero attached hydrogens (tertiary/aromatic N) is 1.